The number of cyclic esters (lactones) is 1. The Bertz CT molecular complexity index is 485. The molecular weight excluding hydrogens is 240 g/mol. The highest BCUT2D eigenvalue weighted by Gasteiger charge is 2.18. The second kappa shape index (κ2) is 4.67. The van der Waals surface area contributed by atoms with Crippen LogP contribution < -0.4 is 11.1 Å². The molecule has 1 aliphatic rings. The number of halogens is 1. The molecule has 1 aromatic carbocycles. The van der Waals surface area contributed by atoms with Gasteiger partial charge >= 0.3 is 5.97 Å². The van der Waals surface area contributed by atoms with E-state index in [9.17, 15) is 4.79 Å². The first-order valence-corrected chi connectivity index (χ1v) is 5.65. The minimum absolute atomic E-state index is 0.129. The molecule has 0 bridgehead atoms. The van der Waals surface area contributed by atoms with Gasteiger partial charge in [-0.05, 0) is 25.1 Å². The first-order valence-electron chi connectivity index (χ1n) is 5.28. The van der Waals surface area contributed by atoms with Crippen molar-refractivity contribution >= 4 is 28.9 Å². The van der Waals surface area contributed by atoms with Crippen LogP contribution in [0.3, 0.4) is 0 Å². The maximum atomic E-state index is 11.2. The van der Waals surface area contributed by atoms with Gasteiger partial charge in [-0.1, -0.05) is 11.6 Å². The molecule has 1 heterocycles. The molecule has 0 aromatic heterocycles. The lowest BCUT2D eigenvalue weighted by Crippen LogP contribution is -2.22. The van der Waals surface area contributed by atoms with Crippen molar-refractivity contribution in [2.24, 2.45) is 0 Å². The summed E-state index contributed by atoms with van der Waals surface area (Å²) in [5.74, 6) is -0.341. The zero-order valence-corrected chi connectivity index (χ0v) is 10.1. The fourth-order valence-electron chi connectivity index (χ4n) is 1.68. The van der Waals surface area contributed by atoms with Gasteiger partial charge in [0, 0.05) is 23.2 Å². The third kappa shape index (κ3) is 2.91. The minimum Gasteiger partial charge on any atom is -0.459 e. The Morgan fingerprint density at radius 3 is 3.00 bits per heavy atom. The van der Waals surface area contributed by atoms with Crippen molar-refractivity contribution in [3.63, 3.8) is 0 Å². The zero-order valence-electron chi connectivity index (χ0n) is 9.37. The maximum Gasteiger partial charge on any atom is 0.332 e. The molecule has 17 heavy (non-hydrogen) atoms. The molecule has 1 aromatic rings. The molecule has 4 nitrogen and oxygen atoms in total. The third-order valence-corrected chi connectivity index (χ3v) is 2.66. The predicted octanol–water partition coefficient (Wildman–Crippen LogP) is 2.55. The second-order valence-corrected chi connectivity index (χ2v) is 4.41. The number of esters is 1. The largest absolute Gasteiger partial charge is 0.459 e. The molecule has 90 valence electrons. The van der Waals surface area contributed by atoms with E-state index in [1.165, 1.54) is 6.08 Å². The molecule has 5 heteroatoms. The van der Waals surface area contributed by atoms with Crippen LogP contribution in [0.1, 0.15) is 13.3 Å². The summed E-state index contributed by atoms with van der Waals surface area (Å²) in [7, 11) is 0. The van der Waals surface area contributed by atoms with Gasteiger partial charge in [-0.3, -0.25) is 0 Å². The number of nitrogen functional groups attached to an aromatic ring is 1. The zero-order chi connectivity index (χ0) is 12.4. The van der Waals surface area contributed by atoms with E-state index in [0.717, 1.165) is 5.70 Å². The van der Waals surface area contributed by atoms with Crippen molar-refractivity contribution in [2.45, 2.75) is 19.4 Å². The second-order valence-electron chi connectivity index (χ2n) is 3.98. The highest BCUT2D eigenvalue weighted by atomic mass is 35.5. The van der Waals surface area contributed by atoms with E-state index in [1.54, 1.807) is 18.2 Å². The summed E-state index contributed by atoms with van der Waals surface area (Å²) in [5.41, 5.74) is 7.88. The van der Waals surface area contributed by atoms with E-state index in [2.05, 4.69) is 5.32 Å². The Balaban J connectivity index is 2.20. The summed E-state index contributed by atoms with van der Waals surface area (Å²) in [6.07, 6.45) is 1.94. The van der Waals surface area contributed by atoms with Gasteiger partial charge in [-0.15, -0.1) is 0 Å². The smallest absolute Gasteiger partial charge is 0.332 e. The Morgan fingerprint density at radius 2 is 2.29 bits per heavy atom. The number of ether oxygens (including phenoxy) is 1. The fourth-order valence-corrected chi connectivity index (χ4v) is 1.85. The molecule has 1 atom stereocenters. The summed E-state index contributed by atoms with van der Waals surface area (Å²) in [5, 5.41) is 3.69. The van der Waals surface area contributed by atoms with Crippen molar-refractivity contribution in [3.05, 3.63) is 35.0 Å². The molecule has 1 unspecified atom stereocenters. The molecule has 0 radical (unpaired) electrons. The van der Waals surface area contributed by atoms with Gasteiger partial charge in [0.15, 0.2) is 0 Å². The standard InChI is InChI=1S/C12H13ClN2O2/c1-7-4-9(6-12(16)17-7)15-11-5-8(13)2-3-10(11)14/h2-3,5-7,15H,4,14H2,1H3. The van der Waals surface area contributed by atoms with Crippen LogP contribution in [0.5, 0.6) is 0 Å². The molecule has 2 rings (SSSR count). The van der Waals surface area contributed by atoms with Crippen LogP contribution in [0.2, 0.25) is 5.02 Å². The molecule has 0 saturated carbocycles. The quantitative estimate of drug-likeness (QED) is 0.627. The summed E-state index contributed by atoms with van der Waals surface area (Å²) in [4.78, 5) is 11.2. The van der Waals surface area contributed by atoms with Gasteiger partial charge in [0.1, 0.15) is 6.10 Å². The minimum atomic E-state index is -0.341. The van der Waals surface area contributed by atoms with Crippen LogP contribution >= 0.6 is 11.6 Å². The van der Waals surface area contributed by atoms with Gasteiger partial charge in [0.05, 0.1) is 11.4 Å². The lowest BCUT2D eigenvalue weighted by molar-refractivity contribution is -0.143. The number of carbonyl (C=O) groups excluding carboxylic acids is 1. The molecule has 0 amide bonds. The van der Waals surface area contributed by atoms with Crippen LogP contribution in [0, 0.1) is 0 Å². The normalized spacial score (nSPS) is 19.5. The SMILES string of the molecule is CC1CC(Nc2cc(Cl)ccc2N)=CC(=O)O1. The van der Waals surface area contributed by atoms with Crippen molar-refractivity contribution in [3.8, 4) is 0 Å². The molecule has 1 aliphatic heterocycles. The number of carbonyl (C=O) groups is 1. The average Bonchev–Trinajstić information content (AvgIpc) is 2.22. The Morgan fingerprint density at radius 1 is 1.53 bits per heavy atom. The number of hydrogen-bond donors (Lipinski definition) is 2. The van der Waals surface area contributed by atoms with Crippen LogP contribution in [-0.4, -0.2) is 12.1 Å². The highest BCUT2D eigenvalue weighted by molar-refractivity contribution is 6.31. The Kier molecular flexibility index (Phi) is 3.24. The van der Waals surface area contributed by atoms with Gasteiger partial charge in [0.2, 0.25) is 0 Å². The van der Waals surface area contributed by atoms with E-state index in [1.807, 2.05) is 6.92 Å². The van der Waals surface area contributed by atoms with Crippen molar-refractivity contribution in [1.82, 2.24) is 0 Å². The first kappa shape index (κ1) is 11.8. The highest BCUT2D eigenvalue weighted by Crippen LogP contribution is 2.26. The molecule has 0 aliphatic carbocycles. The molecular formula is C12H13ClN2O2. The monoisotopic (exact) mass is 252 g/mol. The number of hydrogen-bond acceptors (Lipinski definition) is 4. The number of rotatable bonds is 2. The average molecular weight is 253 g/mol. The van der Waals surface area contributed by atoms with E-state index in [0.29, 0.717) is 22.8 Å². The molecule has 0 fully saturated rings. The molecule has 3 N–H and O–H groups in total. The van der Waals surface area contributed by atoms with Gasteiger partial charge < -0.3 is 15.8 Å². The van der Waals surface area contributed by atoms with E-state index >= 15 is 0 Å². The van der Waals surface area contributed by atoms with Crippen LogP contribution in [-0.2, 0) is 9.53 Å². The lowest BCUT2D eigenvalue weighted by Gasteiger charge is -2.21. The van der Waals surface area contributed by atoms with Gasteiger partial charge in [0.25, 0.3) is 0 Å². The van der Waals surface area contributed by atoms with E-state index in [-0.39, 0.29) is 12.1 Å². The molecule has 0 saturated heterocycles. The van der Waals surface area contributed by atoms with E-state index < -0.39 is 0 Å². The number of nitrogens with one attached hydrogen (secondary N) is 1. The van der Waals surface area contributed by atoms with Crippen molar-refractivity contribution in [1.29, 1.82) is 0 Å². The topological polar surface area (TPSA) is 64.3 Å². The molecule has 0 spiro atoms. The Hall–Kier alpha value is -1.68. The van der Waals surface area contributed by atoms with Gasteiger partial charge in [-0.25, -0.2) is 4.79 Å². The number of anilines is 2. The van der Waals surface area contributed by atoms with Crippen molar-refractivity contribution < 1.29 is 9.53 Å². The van der Waals surface area contributed by atoms with Crippen LogP contribution in [0.25, 0.3) is 0 Å². The maximum absolute atomic E-state index is 11.2. The fraction of sp³-hybridized carbons (Fsp3) is 0.250. The summed E-state index contributed by atoms with van der Waals surface area (Å²) >= 11 is 5.89. The number of nitrogens with two attached hydrogens (primary N) is 1. The Labute approximate surface area is 104 Å². The van der Waals surface area contributed by atoms with Gasteiger partial charge in [-0.2, -0.15) is 0 Å². The lowest BCUT2D eigenvalue weighted by atomic mass is 10.1. The number of benzene rings is 1. The summed E-state index contributed by atoms with van der Waals surface area (Å²) in [6, 6.07) is 5.16. The van der Waals surface area contributed by atoms with E-state index in [4.69, 9.17) is 22.1 Å². The predicted molar refractivity (Wildman–Crippen MR) is 67.7 cm³/mol. The van der Waals surface area contributed by atoms with Crippen LogP contribution in [0.4, 0.5) is 11.4 Å². The summed E-state index contributed by atoms with van der Waals surface area (Å²) in [6.45, 7) is 1.84. The van der Waals surface area contributed by atoms with Crippen molar-refractivity contribution in [2.75, 3.05) is 11.1 Å². The summed E-state index contributed by atoms with van der Waals surface area (Å²) < 4.78 is 5.00. The first-order chi connectivity index (χ1) is 8.04. The third-order valence-electron chi connectivity index (χ3n) is 2.43. The van der Waals surface area contributed by atoms with Crippen LogP contribution in [0.15, 0.2) is 30.0 Å².